The van der Waals surface area contributed by atoms with E-state index in [0.717, 1.165) is 6.26 Å². The largest absolute Gasteiger partial charge is 0.478 e. The van der Waals surface area contributed by atoms with E-state index >= 15 is 0 Å². The van der Waals surface area contributed by atoms with Gasteiger partial charge in [0.25, 0.3) is 11.8 Å². The number of carboxylic acid groups (broad SMARTS) is 1. The first-order valence-electron chi connectivity index (χ1n) is 13.2. The van der Waals surface area contributed by atoms with Gasteiger partial charge in [-0.1, -0.05) is 32.0 Å². The number of benzene rings is 3. The van der Waals surface area contributed by atoms with Gasteiger partial charge in [-0.05, 0) is 65.1 Å². The second-order valence-electron chi connectivity index (χ2n) is 10.1. The zero-order chi connectivity index (χ0) is 31.3. The number of rotatable bonds is 10. The second kappa shape index (κ2) is 12.9. The van der Waals surface area contributed by atoms with Gasteiger partial charge in [0.05, 0.1) is 18.9 Å². The number of ether oxygens (including phenoxy) is 1. The topological polar surface area (TPSA) is 185 Å². The van der Waals surface area contributed by atoms with Crippen LogP contribution in [0.4, 0.5) is 5.69 Å². The van der Waals surface area contributed by atoms with Crippen LogP contribution in [0.5, 0.6) is 0 Å². The lowest BCUT2D eigenvalue weighted by molar-refractivity contribution is 0.0600. The monoisotopic (exact) mass is 582 g/mol. The molecule has 1 aromatic heterocycles. The van der Waals surface area contributed by atoms with Gasteiger partial charge in [0.1, 0.15) is 17.7 Å². The molecule has 0 bridgehead atoms. The Labute approximate surface area is 247 Å². The van der Waals surface area contributed by atoms with Crippen molar-refractivity contribution < 1.29 is 33.4 Å². The number of aromatic carboxylic acids is 1. The maximum atomic E-state index is 13.7. The molecule has 11 nitrogen and oxygen atoms in total. The molecule has 0 saturated heterocycles. The standard InChI is InChI=1S/C32H30N4O7/c1-17(2)14-35-29(37)20-7-11-23(25(13-20)32(41)42-3)22-10-6-19(26-15-43-16-27(26)31(39)40)12-24(22)30(38)36-21-8-4-18(5-9-21)28(33)34/h4-13,15-17H,14H2,1-3H3,(H3,33,34)(H,35,37)(H,36,38)(H,39,40). The molecule has 0 aliphatic heterocycles. The Hall–Kier alpha value is -5.71. The number of amidine groups is 1. The quantitative estimate of drug-likeness (QED) is 0.0980. The Bertz CT molecular complexity index is 1720. The molecule has 0 spiro atoms. The third-order valence-corrected chi connectivity index (χ3v) is 6.57. The number of nitrogens with one attached hydrogen (secondary N) is 3. The molecule has 220 valence electrons. The van der Waals surface area contributed by atoms with E-state index in [-0.39, 0.29) is 45.5 Å². The highest BCUT2D eigenvalue weighted by Crippen LogP contribution is 2.34. The van der Waals surface area contributed by atoms with Crippen molar-refractivity contribution in [3.8, 4) is 22.3 Å². The molecular weight excluding hydrogens is 552 g/mol. The van der Waals surface area contributed by atoms with Crippen LogP contribution in [0.1, 0.15) is 60.8 Å². The molecule has 2 amide bonds. The van der Waals surface area contributed by atoms with E-state index in [1.54, 1.807) is 48.5 Å². The molecule has 43 heavy (non-hydrogen) atoms. The molecule has 1 heterocycles. The van der Waals surface area contributed by atoms with E-state index in [1.807, 2.05) is 13.8 Å². The maximum Gasteiger partial charge on any atom is 0.339 e. The summed E-state index contributed by atoms with van der Waals surface area (Å²) < 4.78 is 10.1. The molecule has 0 fully saturated rings. The summed E-state index contributed by atoms with van der Waals surface area (Å²) in [7, 11) is 1.21. The molecule has 11 heteroatoms. The van der Waals surface area contributed by atoms with Crippen molar-refractivity contribution >= 4 is 35.3 Å². The number of methoxy groups -OCH3 is 1. The van der Waals surface area contributed by atoms with Crippen LogP contribution in [0, 0.1) is 11.3 Å². The molecule has 0 atom stereocenters. The van der Waals surface area contributed by atoms with Crippen molar-refractivity contribution in [1.29, 1.82) is 5.41 Å². The highest BCUT2D eigenvalue weighted by Gasteiger charge is 2.23. The smallest absolute Gasteiger partial charge is 0.339 e. The molecule has 6 N–H and O–H groups in total. The van der Waals surface area contributed by atoms with Crippen LogP contribution in [0.15, 0.2) is 77.6 Å². The van der Waals surface area contributed by atoms with Crippen LogP contribution in [0.2, 0.25) is 0 Å². The van der Waals surface area contributed by atoms with Crippen LogP contribution in [-0.4, -0.2) is 48.3 Å². The average Bonchev–Trinajstić information content (AvgIpc) is 3.50. The summed E-state index contributed by atoms with van der Waals surface area (Å²) in [6.07, 6.45) is 2.37. The molecule has 4 aromatic rings. The van der Waals surface area contributed by atoms with Crippen molar-refractivity contribution in [3.63, 3.8) is 0 Å². The van der Waals surface area contributed by atoms with Gasteiger partial charge >= 0.3 is 11.9 Å². The third-order valence-electron chi connectivity index (χ3n) is 6.57. The molecule has 0 unspecified atom stereocenters. The molecule has 0 radical (unpaired) electrons. The molecular formula is C32H30N4O7. The highest BCUT2D eigenvalue weighted by molar-refractivity contribution is 6.12. The summed E-state index contributed by atoms with van der Waals surface area (Å²) >= 11 is 0. The number of nitrogens with two attached hydrogens (primary N) is 1. The van der Waals surface area contributed by atoms with Crippen LogP contribution in [-0.2, 0) is 4.74 Å². The van der Waals surface area contributed by atoms with Crippen LogP contribution < -0.4 is 16.4 Å². The summed E-state index contributed by atoms with van der Waals surface area (Å²) in [6, 6.07) is 15.5. The van der Waals surface area contributed by atoms with Crippen LogP contribution in [0.3, 0.4) is 0 Å². The van der Waals surface area contributed by atoms with Crippen molar-refractivity contribution in [2.24, 2.45) is 11.7 Å². The summed E-state index contributed by atoms with van der Waals surface area (Å²) in [5.74, 6) is -2.76. The molecule has 0 aliphatic carbocycles. The number of amides is 2. The lowest BCUT2D eigenvalue weighted by atomic mass is 9.90. The Kier molecular flexibility index (Phi) is 9.05. The summed E-state index contributed by atoms with van der Waals surface area (Å²) in [6.45, 7) is 4.36. The number of carbonyl (C=O) groups excluding carboxylic acids is 3. The van der Waals surface area contributed by atoms with Gasteiger partial charge in [-0.3, -0.25) is 15.0 Å². The first-order valence-corrected chi connectivity index (χ1v) is 13.2. The normalized spacial score (nSPS) is 10.7. The fourth-order valence-corrected chi connectivity index (χ4v) is 4.35. The number of hydrogen-bond donors (Lipinski definition) is 5. The number of furan rings is 1. The summed E-state index contributed by atoms with van der Waals surface area (Å²) in [5.41, 5.74) is 8.01. The predicted octanol–water partition coefficient (Wildman–Crippen LogP) is 5.02. The fraction of sp³-hybridized carbons (Fsp3) is 0.156. The number of esters is 1. The first-order chi connectivity index (χ1) is 20.5. The predicted molar refractivity (Wildman–Crippen MR) is 160 cm³/mol. The van der Waals surface area contributed by atoms with Gasteiger partial charge in [0, 0.05) is 34.5 Å². The van der Waals surface area contributed by atoms with Crippen molar-refractivity contribution in [2.45, 2.75) is 13.8 Å². The fourth-order valence-electron chi connectivity index (χ4n) is 4.35. The van der Waals surface area contributed by atoms with Gasteiger partial charge in [-0.2, -0.15) is 0 Å². The third kappa shape index (κ3) is 6.79. The average molecular weight is 583 g/mol. The Morgan fingerprint density at radius 3 is 2.14 bits per heavy atom. The van der Waals surface area contributed by atoms with Crippen molar-refractivity contribution in [2.75, 3.05) is 19.0 Å². The molecule has 4 rings (SSSR count). The highest BCUT2D eigenvalue weighted by atomic mass is 16.5. The Balaban J connectivity index is 1.85. The van der Waals surface area contributed by atoms with E-state index in [2.05, 4.69) is 10.6 Å². The SMILES string of the molecule is COC(=O)c1cc(C(=O)NCC(C)C)ccc1-c1ccc(-c2cocc2C(=O)O)cc1C(=O)Nc1ccc(C(=N)N)cc1. The lowest BCUT2D eigenvalue weighted by Crippen LogP contribution is -2.27. The van der Waals surface area contributed by atoms with Gasteiger partial charge in [0.15, 0.2) is 0 Å². The number of carbonyl (C=O) groups is 4. The van der Waals surface area contributed by atoms with E-state index in [1.165, 1.54) is 25.5 Å². The van der Waals surface area contributed by atoms with E-state index in [4.69, 9.17) is 20.3 Å². The van der Waals surface area contributed by atoms with E-state index < -0.39 is 17.8 Å². The first kappa shape index (κ1) is 30.3. The van der Waals surface area contributed by atoms with Crippen LogP contribution >= 0.6 is 0 Å². The second-order valence-corrected chi connectivity index (χ2v) is 10.1. The minimum atomic E-state index is -1.20. The van der Waals surface area contributed by atoms with Gasteiger partial charge in [0.2, 0.25) is 0 Å². The summed E-state index contributed by atoms with van der Waals surface area (Å²) in [5, 5.41) is 22.8. The minimum absolute atomic E-state index is 0.0573. The lowest BCUT2D eigenvalue weighted by Gasteiger charge is -2.16. The van der Waals surface area contributed by atoms with Crippen molar-refractivity contribution in [1.82, 2.24) is 5.32 Å². The van der Waals surface area contributed by atoms with Gasteiger partial charge in [-0.15, -0.1) is 0 Å². The van der Waals surface area contributed by atoms with Crippen molar-refractivity contribution in [3.05, 3.63) is 101 Å². The zero-order valence-corrected chi connectivity index (χ0v) is 23.7. The maximum absolute atomic E-state index is 13.7. The molecule has 0 aliphatic rings. The molecule has 3 aromatic carbocycles. The zero-order valence-electron chi connectivity index (χ0n) is 23.7. The number of hydrogen-bond acceptors (Lipinski definition) is 7. The Morgan fingerprint density at radius 1 is 0.860 bits per heavy atom. The van der Waals surface area contributed by atoms with E-state index in [9.17, 15) is 24.3 Å². The minimum Gasteiger partial charge on any atom is -0.478 e. The number of nitrogen functional groups attached to an aromatic ring is 1. The number of carboxylic acids is 1. The Morgan fingerprint density at radius 2 is 1.51 bits per heavy atom. The van der Waals surface area contributed by atoms with Gasteiger partial charge < -0.3 is 30.6 Å². The number of anilines is 1. The van der Waals surface area contributed by atoms with Crippen LogP contribution in [0.25, 0.3) is 22.3 Å². The summed E-state index contributed by atoms with van der Waals surface area (Å²) in [4.78, 5) is 51.2. The van der Waals surface area contributed by atoms with E-state index in [0.29, 0.717) is 34.5 Å². The van der Waals surface area contributed by atoms with Gasteiger partial charge in [-0.25, -0.2) is 9.59 Å². The molecule has 0 saturated carbocycles.